The van der Waals surface area contributed by atoms with Crippen LogP contribution in [0.1, 0.15) is 38.5 Å². The molecular formula is C18H23P. The van der Waals surface area contributed by atoms with Crippen LogP contribution in [0.5, 0.6) is 0 Å². The molecule has 100 valence electrons. The summed E-state index contributed by atoms with van der Waals surface area (Å²) in [6.45, 7) is 0. The lowest BCUT2D eigenvalue weighted by Gasteiger charge is -2.33. The molecule has 4 rings (SSSR count). The second-order valence-electron chi connectivity index (χ2n) is 6.45. The fourth-order valence-electron chi connectivity index (χ4n) is 4.59. The summed E-state index contributed by atoms with van der Waals surface area (Å²) >= 11 is 0. The van der Waals surface area contributed by atoms with Crippen LogP contribution in [0.2, 0.25) is 0 Å². The Morgan fingerprint density at radius 1 is 0.737 bits per heavy atom. The van der Waals surface area contributed by atoms with Gasteiger partial charge in [0, 0.05) is 0 Å². The van der Waals surface area contributed by atoms with Crippen molar-refractivity contribution in [1.82, 2.24) is 0 Å². The summed E-state index contributed by atoms with van der Waals surface area (Å²) < 4.78 is 0. The van der Waals surface area contributed by atoms with Crippen LogP contribution in [0.3, 0.4) is 0 Å². The van der Waals surface area contributed by atoms with Crippen LogP contribution in [0.15, 0.2) is 42.5 Å². The second-order valence-corrected chi connectivity index (χ2v) is 9.11. The largest absolute Gasteiger partial charge is 0.0845 e. The molecule has 0 nitrogen and oxygen atoms in total. The van der Waals surface area contributed by atoms with Crippen molar-refractivity contribution >= 4 is 13.2 Å². The molecule has 1 aromatic rings. The van der Waals surface area contributed by atoms with Gasteiger partial charge in [-0.2, -0.15) is 0 Å². The normalized spacial score (nSPS) is 40.7. The molecule has 2 saturated carbocycles. The van der Waals surface area contributed by atoms with Gasteiger partial charge in [-0.05, 0) is 54.1 Å². The third kappa shape index (κ3) is 2.09. The van der Waals surface area contributed by atoms with E-state index in [1.54, 1.807) is 5.30 Å². The Morgan fingerprint density at radius 2 is 1.32 bits per heavy atom. The summed E-state index contributed by atoms with van der Waals surface area (Å²) in [6.07, 6.45) is 14.0. The molecule has 1 aromatic carbocycles. The zero-order chi connectivity index (χ0) is 12.7. The highest BCUT2D eigenvalue weighted by Crippen LogP contribution is 2.61. The van der Waals surface area contributed by atoms with Gasteiger partial charge in [-0.1, -0.05) is 63.2 Å². The lowest BCUT2D eigenvalue weighted by molar-refractivity contribution is 0.683. The van der Waals surface area contributed by atoms with E-state index in [0.717, 1.165) is 23.2 Å². The van der Waals surface area contributed by atoms with Gasteiger partial charge in [0.05, 0.1) is 0 Å². The second kappa shape index (κ2) is 5.06. The first-order chi connectivity index (χ1) is 9.43. The highest BCUT2D eigenvalue weighted by molar-refractivity contribution is 7.67. The topological polar surface area (TPSA) is 0 Å². The van der Waals surface area contributed by atoms with Gasteiger partial charge in [0.15, 0.2) is 0 Å². The molecule has 3 aliphatic rings. The first kappa shape index (κ1) is 12.2. The third-order valence-electron chi connectivity index (χ3n) is 5.44. The van der Waals surface area contributed by atoms with E-state index in [-0.39, 0.29) is 7.92 Å². The molecule has 1 heteroatoms. The van der Waals surface area contributed by atoms with Gasteiger partial charge in [0.25, 0.3) is 0 Å². The summed E-state index contributed by atoms with van der Waals surface area (Å²) in [4.78, 5) is 0. The SMILES string of the molecule is C1=C[C@H]2CCCC2P(c2ccccc2)[C@H]2CCCC12. The summed E-state index contributed by atoms with van der Waals surface area (Å²) in [7, 11) is 0.0633. The van der Waals surface area contributed by atoms with Gasteiger partial charge in [-0.3, -0.25) is 0 Å². The maximum Gasteiger partial charge on any atom is -0.0103 e. The quantitative estimate of drug-likeness (QED) is 0.512. The van der Waals surface area contributed by atoms with E-state index < -0.39 is 0 Å². The Morgan fingerprint density at radius 3 is 1.89 bits per heavy atom. The highest BCUT2D eigenvalue weighted by Gasteiger charge is 2.43. The van der Waals surface area contributed by atoms with E-state index in [0.29, 0.717) is 0 Å². The standard InChI is InChI=1S/C18H23P/c1-2-8-16(9-3-1)19-17-10-4-6-14(17)12-13-15-7-5-11-18(15)19/h1-3,8-9,12-15,17-18H,4-7,10-11H2/t14-,15?,17?,18+,19?/m1/s1. The molecule has 2 aliphatic carbocycles. The number of hydrogen-bond acceptors (Lipinski definition) is 0. The Labute approximate surface area is 118 Å². The summed E-state index contributed by atoms with van der Waals surface area (Å²) in [6, 6.07) is 11.5. The predicted octanol–water partition coefficient (Wildman–Crippen LogP) is 4.70. The van der Waals surface area contributed by atoms with Crippen molar-refractivity contribution in [2.75, 3.05) is 0 Å². The van der Waals surface area contributed by atoms with Gasteiger partial charge < -0.3 is 0 Å². The smallest absolute Gasteiger partial charge is 0.0103 e. The molecule has 3 unspecified atom stereocenters. The lowest BCUT2D eigenvalue weighted by Crippen LogP contribution is -2.24. The Bertz CT molecular complexity index is 440. The minimum absolute atomic E-state index is 0.0633. The van der Waals surface area contributed by atoms with Crippen LogP contribution in [0, 0.1) is 11.8 Å². The molecule has 0 radical (unpaired) electrons. The highest BCUT2D eigenvalue weighted by atomic mass is 31.1. The Balaban J connectivity index is 1.76. The molecule has 0 aromatic heterocycles. The summed E-state index contributed by atoms with van der Waals surface area (Å²) in [5.41, 5.74) is 1.98. The van der Waals surface area contributed by atoms with Crippen molar-refractivity contribution in [3.8, 4) is 0 Å². The van der Waals surface area contributed by atoms with Gasteiger partial charge in [0.1, 0.15) is 0 Å². The maximum absolute atomic E-state index is 2.62. The molecule has 0 spiro atoms. The molecule has 5 atom stereocenters. The summed E-state index contributed by atoms with van der Waals surface area (Å²) in [5.74, 6) is 1.80. The molecule has 19 heavy (non-hydrogen) atoms. The predicted molar refractivity (Wildman–Crippen MR) is 84.4 cm³/mol. The van der Waals surface area contributed by atoms with Crippen LogP contribution >= 0.6 is 7.92 Å². The summed E-state index contributed by atoms with van der Waals surface area (Å²) in [5, 5.41) is 1.69. The minimum Gasteiger partial charge on any atom is -0.0845 e. The van der Waals surface area contributed by atoms with Crippen molar-refractivity contribution in [3.05, 3.63) is 42.5 Å². The van der Waals surface area contributed by atoms with Crippen LogP contribution in [0.25, 0.3) is 0 Å². The van der Waals surface area contributed by atoms with Crippen molar-refractivity contribution in [1.29, 1.82) is 0 Å². The average molecular weight is 270 g/mol. The monoisotopic (exact) mass is 270 g/mol. The number of allylic oxidation sites excluding steroid dienone is 2. The van der Waals surface area contributed by atoms with Crippen LogP contribution in [0.4, 0.5) is 0 Å². The number of fused-ring (bicyclic) bond motifs is 2. The van der Waals surface area contributed by atoms with Crippen LogP contribution in [-0.4, -0.2) is 11.3 Å². The van der Waals surface area contributed by atoms with Crippen molar-refractivity contribution < 1.29 is 0 Å². The van der Waals surface area contributed by atoms with Crippen molar-refractivity contribution in [2.24, 2.45) is 11.8 Å². The molecular weight excluding hydrogens is 247 g/mol. The molecule has 0 saturated heterocycles. The van der Waals surface area contributed by atoms with Gasteiger partial charge in [0.2, 0.25) is 0 Å². The number of benzene rings is 1. The average Bonchev–Trinajstić information content (AvgIpc) is 3.07. The zero-order valence-corrected chi connectivity index (χ0v) is 12.4. The van der Waals surface area contributed by atoms with Gasteiger partial charge in [-0.15, -0.1) is 0 Å². The molecule has 2 fully saturated rings. The molecule has 0 bridgehead atoms. The Kier molecular flexibility index (Phi) is 3.24. The van der Waals surface area contributed by atoms with Crippen LogP contribution < -0.4 is 5.30 Å². The number of rotatable bonds is 1. The van der Waals surface area contributed by atoms with Gasteiger partial charge >= 0.3 is 0 Å². The van der Waals surface area contributed by atoms with E-state index in [1.165, 1.54) is 38.5 Å². The molecule has 0 amide bonds. The first-order valence-corrected chi connectivity index (χ1v) is 9.43. The zero-order valence-electron chi connectivity index (χ0n) is 11.5. The van der Waals surface area contributed by atoms with E-state index in [1.807, 2.05) is 0 Å². The fourth-order valence-corrected chi connectivity index (χ4v) is 8.61. The fraction of sp³-hybridized carbons (Fsp3) is 0.556. The third-order valence-corrected chi connectivity index (χ3v) is 9.04. The molecule has 1 heterocycles. The Hall–Kier alpha value is -0.610. The number of hydrogen-bond donors (Lipinski definition) is 0. The van der Waals surface area contributed by atoms with E-state index >= 15 is 0 Å². The molecule has 1 aliphatic heterocycles. The lowest BCUT2D eigenvalue weighted by atomic mass is 10.0. The van der Waals surface area contributed by atoms with Crippen LogP contribution in [-0.2, 0) is 0 Å². The van der Waals surface area contributed by atoms with Crippen molar-refractivity contribution in [3.63, 3.8) is 0 Å². The van der Waals surface area contributed by atoms with E-state index in [2.05, 4.69) is 42.5 Å². The first-order valence-electron chi connectivity index (χ1n) is 7.95. The molecule has 0 N–H and O–H groups in total. The minimum atomic E-state index is 0.0633. The van der Waals surface area contributed by atoms with E-state index in [4.69, 9.17) is 0 Å². The van der Waals surface area contributed by atoms with E-state index in [9.17, 15) is 0 Å². The van der Waals surface area contributed by atoms with Gasteiger partial charge in [-0.25, -0.2) is 0 Å². The van der Waals surface area contributed by atoms with Crippen molar-refractivity contribution in [2.45, 2.75) is 49.8 Å². The maximum atomic E-state index is 2.62.